The Morgan fingerprint density at radius 1 is 1.14 bits per heavy atom. The molecule has 0 saturated carbocycles. The molecule has 0 unspecified atom stereocenters. The zero-order valence-corrected chi connectivity index (χ0v) is 21.1. The number of fused-ring (bicyclic) bond motifs is 1. The van der Waals surface area contributed by atoms with Gasteiger partial charge in [0, 0.05) is 12.7 Å². The van der Waals surface area contributed by atoms with Gasteiger partial charge in [0.05, 0.1) is 48.0 Å². The Labute approximate surface area is 204 Å². The van der Waals surface area contributed by atoms with E-state index in [1.165, 1.54) is 25.3 Å². The van der Waals surface area contributed by atoms with Crippen LogP contribution in [0.1, 0.15) is 59.6 Å². The number of benzene rings is 1. The lowest BCUT2D eigenvalue weighted by molar-refractivity contribution is -0.116. The van der Waals surface area contributed by atoms with Gasteiger partial charge in [-0.15, -0.1) is 0 Å². The van der Waals surface area contributed by atoms with E-state index in [-0.39, 0.29) is 53.2 Å². The SMILES string of the molecule is CCOc1nc([C@@H](CS(C)(=O)=O)N2C(=O)c3cccc(NC(=O)CC(C)C)c3C2=O)ccc1OC. The quantitative estimate of drug-likeness (QED) is 0.490. The standard InChI is InChI=1S/C24H29N3O7S/c1-6-34-22-19(33-4)11-10-16(26-22)18(13-35(5,31)32)27-23(29)15-8-7-9-17(21(15)24(27)30)25-20(28)12-14(2)3/h7-11,14,18H,6,12-13H2,1-5H3,(H,25,28)/t18-/m1/s1. The van der Waals surface area contributed by atoms with E-state index in [4.69, 9.17) is 9.47 Å². The van der Waals surface area contributed by atoms with Crippen molar-refractivity contribution in [3.05, 3.63) is 47.2 Å². The van der Waals surface area contributed by atoms with Gasteiger partial charge < -0.3 is 14.8 Å². The molecule has 2 heterocycles. The van der Waals surface area contributed by atoms with E-state index in [9.17, 15) is 22.8 Å². The largest absolute Gasteiger partial charge is 0.491 e. The van der Waals surface area contributed by atoms with Gasteiger partial charge in [-0.05, 0) is 37.1 Å². The Hall–Kier alpha value is -3.47. The minimum Gasteiger partial charge on any atom is -0.491 e. The van der Waals surface area contributed by atoms with E-state index in [1.807, 2.05) is 13.8 Å². The first kappa shape index (κ1) is 26.1. The molecule has 1 aromatic heterocycles. The zero-order chi connectivity index (χ0) is 25.9. The summed E-state index contributed by atoms with van der Waals surface area (Å²) >= 11 is 0. The number of sulfone groups is 1. The Kier molecular flexibility index (Phi) is 7.79. The number of rotatable bonds is 10. The van der Waals surface area contributed by atoms with Gasteiger partial charge in [0.2, 0.25) is 5.91 Å². The summed E-state index contributed by atoms with van der Waals surface area (Å²) in [4.78, 5) is 44.5. The molecule has 0 bridgehead atoms. The van der Waals surface area contributed by atoms with Crippen molar-refractivity contribution in [2.45, 2.75) is 33.2 Å². The van der Waals surface area contributed by atoms with Gasteiger partial charge in [0.25, 0.3) is 17.7 Å². The van der Waals surface area contributed by atoms with Crippen LogP contribution in [-0.4, -0.2) is 61.7 Å². The van der Waals surface area contributed by atoms with E-state index in [1.54, 1.807) is 19.1 Å². The van der Waals surface area contributed by atoms with Crippen molar-refractivity contribution in [3.8, 4) is 11.6 Å². The summed E-state index contributed by atoms with van der Waals surface area (Å²) in [7, 11) is -2.22. The number of imide groups is 1. The average Bonchev–Trinajstić information content (AvgIpc) is 3.02. The molecule has 0 fully saturated rings. The van der Waals surface area contributed by atoms with Gasteiger partial charge >= 0.3 is 0 Å². The van der Waals surface area contributed by atoms with Crippen LogP contribution in [0.2, 0.25) is 0 Å². The molecule has 0 radical (unpaired) electrons. The van der Waals surface area contributed by atoms with E-state index < -0.39 is 33.4 Å². The maximum atomic E-state index is 13.5. The summed E-state index contributed by atoms with van der Waals surface area (Å²) in [6.45, 7) is 5.80. The van der Waals surface area contributed by atoms with Crippen LogP contribution < -0.4 is 14.8 Å². The number of carbonyl (C=O) groups excluding carboxylic acids is 3. The maximum Gasteiger partial charge on any atom is 0.264 e. The molecule has 1 aliphatic rings. The summed E-state index contributed by atoms with van der Waals surface area (Å²) in [5.74, 6) is -1.68. The van der Waals surface area contributed by atoms with Crippen molar-refractivity contribution < 1.29 is 32.3 Å². The normalized spacial score (nSPS) is 14.2. The predicted molar refractivity (Wildman–Crippen MR) is 129 cm³/mol. The lowest BCUT2D eigenvalue weighted by atomic mass is 10.1. The van der Waals surface area contributed by atoms with Crippen molar-refractivity contribution in [2.24, 2.45) is 5.92 Å². The third-order valence-electron chi connectivity index (χ3n) is 5.28. The first-order valence-corrected chi connectivity index (χ1v) is 13.2. The Bertz CT molecular complexity index is 1260. The summed E-state index contributed by atoms with van der Waals surface area (Å²) < 4.78 is 35.4. The number of pyridine rings is 1. The first-order valence-electron chi connectivity index (χ1n) is 11.1. The summed E-state index contributed by atoms with van der Waals surface area (Å²) in [5, 5.41) is 2.70. The number of methoxy groups -OCH3 is 1. The fourth-order valence-electron chi connectivity index (χ4n) is 3.86. The smallest absolute Gasteiger partial charge is 0.264 e. The molecule has 1 atom stereocenters. The number of hydrogen-bond donors (Lipinski definition) is 1. The van der Waals surface area contributed by atoms with Crippen LogP contribution in [0, 0.1) is 5.92 Å². The van der Waals surface area contributed by atoms with Gasteiger partial charge in [0.15, 0.2) is 5.75 Å². The molecule has 2 aromatic rings. The second kappa shape index (κ2) is 10.4. The molecular weight excluding hydrogens is 474 g/mol. The molecule has 1 N–H and O–H groups in total. The van der Waals surface area contributed by atoms with E-state index >= 15 is 0 Å². The number of ether oxygens (including phenoxy) is 2. The second-order valence-corrected chi connectivity index (χ2v) is 10.8. The van der Waals surface area contributed by atoms with E-state index in [0.29, 0.717) is 5.75 Å². The fraction of sp³-hybridized carbons (Fsp3) is 0.417. The number of amides is 3. The van der Waals surface area contributed by atoms with Crippen LogP contribution in [0.5, 0.6) is 11.6 Å². The third-order valence-corrected chi connectivity index (χ3v) is 6.20. The number of nitrogens with zero attached hydrogens (tertiary/aromatic N) is 2. The number of carbonyl (C=O) groups is 3. The first-order chi connectivity index (χ1) is 16.5. The number of aromatic nitrogens is 1. The highest BCUT2D eigenvalue weighted by molar-refractivity contribution is 7.90. The molecule has 11 heteroatoms. The topological polar surface area (TPSA) is 132 Å². The van der Waals surface area contributed by atoms with E-state index in [0.717, 1.165) is 11.2 Å². The third kappa shape index (κ3) is 5.79. The maximum absolute atomic E-state index is 13.5. The van der Waals surface area contributed by atoms with Crippen molar-refractivity contribution in [1.29, 1.82) is 0 Å². The Balaban J connectivity index is 2.07. The molecule has 1 aromatic carbocycles. The molecular formula is C24H29N3O7S. The van der Waals surface area contributed by atoms with Crippen LogP contribution in [0.4, 0.5) is 5.69 Å². The molecule has 1 aliphatic heterocycles. The highest BCUT2D eigenvalue weighted by Crippen LogP contribution is 2.37. The summed E-state index contributed by atoms with van der Waals surface area (Å²) in [6.07, 6.45) is 1.25. The Morgan fingerprint density at radius 2 is 1.86 bits per heavy atom. The van der Waals surface area contributed by atoms with Crippen molar-refractivity contribution in [3.63, 3.8) is 0 Å². The molecule has 3 amide bonds. The minimum absolute atomic E-state index is 0.0200. The van der Waals surface area contributed by atoms with Crippen LogP contribution in [0.15, 0.2) is 30.3 Å². The van der Waals surface area contributed by atoms with E-state index in [2.05, 4.69) is 10.3 Å². The minimum atomic E-state index is -3.65. The second-order valence-electron chi connectivity index (χ2n) is 8.64. The van der Waals surface area contributed by atoms with Gasteiger partial charge in [-0.2, -0.15) is 0 Å². The average molecular weight is 504 g/mol. The molecule has 10 nitrogen and oxygen atoms in total. The van der Waals surface area contributed by atoms with Crippen LogP contribution >= 0.6 is 0 Å². The molecule has 0 saturated heterocycles. The number of hydrogen-bond acceptors (Lipinski definition) is 8. The van der Waals surface area contributed by atoms with Crippen molar-refractivity contribution >= 4 is 33.2 Å². The number of anilines is 1. The predicted octanol–water partition coefficient (Wildman–Crippen LogP) is 2.86. The summed E-state index contributed by atoms with van der Waals surface area (Å²) in [6, 6.07) is 6.38. The molecule has 0 spiro atoms. The highest BCUT2D eigenvalue weighted by atomic mass is 32.2. The summed E-state index contributed by atoms with van der Waals surface area (Å²) in [5.41, 5.74) is 0.449. The van der Waals surface area contributed by atoms with Crippen molar-refractivity contribution in [2.75, 3.05) is 31.0 Å². The van der Waals surface area contributed by atoms with Crippen LogP contribution in [0.25, 0.3) is 0 Å². The van der Waals surface area contributed by atoms with Gasteiger partial charge in [-0.3, -0.25) is 19.3 Å². The monoisotopic (exact) mass is 503 g/mol. The van der Waals surface area contributed by atoms with Gasteiger partial charge in [-0.1, -0.05) is 19.9 Å². The van der Waals surface area contributed by atoms with Gasteiger partial charge in [0.1, 0.15) is 9.84 Å². The molecule has 0 aliphatic carbocycles. The molecule has 188 valence electrons. The fourth-order valence-corrected chi connectivity index (χ4v) is 4.76. The van der Waals surface area contributed by atoms with Crippen LogP contribution in [-0.2, 0) is 14.6 Å². The highest BCUT2D eigenvalue weighted by Gasteiger charge is 2.44. The lowest BCUT2D eigenvalue weighted by Crippen LogP contribution is -2.38. The zero-order valence-electron chi connectivity index (χ0n) is 20.3. The Morgan fingerprint density at radius 3 is 2.46 bits per heavy atom. The molecule has 35 heavy (non-hydrogen) atoms. The van der Waals surface area contributed by atoms with Crippen molar-refractivity contribution in [1.82, 2.24) is 9.88 Å². The van der Waals surface area contributed by atoms with Gasteiger partial charge in [-0.25, -0.2) is 13.4 Å². The lowest BCUT2D eigenvalue weighted by Gasteiger charge is -2.26. The molecule has 3 rings (SSSR count). The van der Waals surface area contributed by atoms with Crippen LogP contribution in [0.3, 0.4) is 0 Å². The number of nitrogens with one attached hydrogen (secondary N) is 1.